The lowest BCUT2D eigenvalue weighted by molar-refractivity contribution is -0.481. The lowest BCUT2D eigenvalue weighted by Gasteiger charge is -2.33. The van der Waals surface area contributed by atoms with Gasteiger partial charge in [-0.15, -0.1) is 0 Å². The number of hydrogen-bond acceptors (Lipinski definition) is 3. The highest BCUT2D eigenvalue weighted by molar-refractivity contribution is 6.09. The first kappa shape index (κ1) is 16.1. The molecule has 1 aliphatic rings. The van der Waals surface area contributed by atoms with Crippen molar-refractivity contribution < 1.29 is 9.72 Å². The van der Waals surface area contributed by atoms with Crippen molar-refractivity contribution in [3.63, 3.8) is 0 Å². The van der Waals surface area contributed by atoms with Gasteiger partial charge >= 0.3 is 0 Å². The molecule has 0 aliphatic heterocycles. The van der Waals surface area contributed by atoms with Crippen LogP contribution in [-0.4, -0.2) is 17.3 Å². The number of fused-ring (bicyclic) bond motifs is 1. The molecule has 0 heterocycles. The van der Waals surface area contributed by atoms with Crippen molar-refractivity contribution in [2.45, 2.75) is 25.2 Å². The van der Waals surface area contributed by atoms with Gasteiger partial charge in [0, 0.05) is 23.3 Å². The van der Waals surface area contributed by atoms with Crippen molar-refractivity contribution >= 4 is 11.9 Å². The predicted molar refractivity (Wildman–Crippen MR) is 93.4 cm³/mol. The molecule has 1 aliphatic carbocycles. The van der Waals surface area contributed by atoms with Crippen molar-refractivity contribution in [2.24, 2.45) is 0 Å². The number of carbonyl (C=O) groups excluding carboxylic acids is 1. The largest absolute Gasteiger partial charge is 0.294 e. The molecule has 0 amide bonds. The maximum atomic E-state index is 13.1. The highest BCUT2D eigenvalue weighted by atomic mass is 16.6. The van der Waals surface area contributed by atoms with Crippen LogP contribution in [0.5, 0.6) is 0 Å². The molecule has 0 radical (unpaired) electrons. The molecule has 0 spiro atoms. The van der Waals surface area contributed by atoms with Crippen LogP contribution >= 0.6 is 0 Å². The number of hydrogen-bond donors (Lipinski definition) is 0. The summed E-state index contributed by atoms with van der Waals surface area (Å²) < 4.78 is 0. The summed E-state index contributed by atoms with van der Waals surface area (Å²) in [6.45, 7) is 1.62. The Morgan fingerprint density at radius 2 is 1.71 bits per heavy atom. The molecule has 1 atom stereocenters. The molecule has 2 aromatic carbocycles. The molecule has 24 heavy (non-hydrogen) atoms. The Balaban J connectivity index is 2.01. The SMILES string of the molecule is C[C@]1(CC[N+](=O)[O-])C(=O)C(Cc2ccccc2)=Cc2ccccc21. The molecule has 3 rings (SSSR count). The van der Waals surface area contributed by atoms with Crippen molar-refractivity contribution in [3.05, 3.63) is 87.0 Å². The monoisotopic (exact) mass is 321 g/mol. The summed E-state index contributed by atoms with van der Waals surface area (Å²) in [5.41, 5.74) is 2.80. The third-order valence-electron chi connectivity index (χ3n) is 4.71. The van der Waals surface area contributed by atoms with Gasteiger partial charge in [0.15, 0.2) is 5.78 Å². The van der Waals surface area contributed by atoms with Crippen LogP contribution in [0.1, 0.15) is 30.0 Å². The van der Waals surface area contributed by atoms with Gasteiger partial charge < -0.3 is 0 Å². The standard InChI is InChI=1S/C20H19NO3/c1-20(11-12-21(23)24)18-10-6-5-9-16(18)14-17(19(20)22)13-15-7-3-2-4-8-15/h2-10,14H,11-13H2,1H3/t20-/m1/s1. The van der Waals surface area contributed by atoms with E-state index < -0.39 is 5.41 Å². The summed E-state index contributed by atoms with van der Waals surface area (Å²) in [6.07, 6.45) is 2.68. The van der Waals surface area contributed by atoms with Crippen LogP contribution in [0, 0.1) is 10.1 Å². The van der Waals surface area contributed by atoms with Gasteiger partial charge in [0.25, 0.3) is 0 Å². The van der Waals surface area contributed by atoms with E-state index in [1.54, 1.807) is 0 Å². The van der Waals surface area contributed by atoms with Crippen LogP contribution in [0.4, 0.5) is 0 Å². The maximum Gasteiger partial charge on any atom is 0.205 e. The topological polar surface area (TPSA) is 60.2 Å². The van der Waals surface area contributed by atoms with Gasteiger partial charge in [-0.3, -0.25) is 14.9 Å². The predicted octanol–water partition coefficient (Wildman–Crippen LogP) is 3.82. The maximum absolute atomic E-state index is 13.1. The summed E-state index contributed by atoms with van der Waals surface area (Å²) in [5.74, 6) is -0.00750. The van der Waals surface area contributed by atoms with Crippen molar-refractivity contribution in [1.82, 2.24) is 0 Å². The summed E-state index contributed by atoms with van der Waals surface area (Å²) in [7, 11) is 0. The fourth-order valence-electron chi connectivity index (χ4n) is 3.37. The lowest BCUT2D eigenvalue weighted by Crippen LogP contribution is -2.39. The number of benzene rings is 2. The van der Waals surface area contributed by atoms with Crippen molar-refractivity contribution in [2.75, 3.05) is 6.54 Å². The second-order valence-corrected chi connectivity index (χ2v) is 6.39. The van der Waals surface area contributed by atoms with Crippen LogP contribution in [-0.2, 0) is 16.6 Å². The molecular weight excluding hydrogens is 302 g/mol. The van der Waals surface area contributed by atoms with Gasteiger partial charge in [0.1, 0.15) is 0 Å². The number of carbonyl (C=O) groups is 1. The van der Waals surface area contributed by atoms with E-state index in [2.05, 4.69) is 0 Å². The van der Waals surface area contributed by atoms with Gasteiger partial charge in [-0.25, -0.2) is 0 Å². The van der Waals surface area contributed by atoms with Gasteiger partial charge in [-0.05, 0) is 29.7 Å². The number of nitro groups is 1. The molecule has 0 unspecified atom stereocenters. The Hall–Kier alpha value is -2.75. The van der Waals surface area contributed by atoms with Gasteiger partial charge in [-0.1, -0.05) is 54.6 Å². The smallest absolute Gasteiger partial charge is 0.205 e. The van der Waals surface area contributed by atoms with E-state index in [1.807, 2.05) is 67.6 Å². The zero-order chi connectivity index (χ0) is 17.2. The average molecular weight is 321 g/mol. The first-order chi connectivity index (χ1) is 11.5. The average Bonchev–Trinajstić information content (AvgIpc) is 2.59. The molecule has 0 fully saturated rings. The summed E-state index contributed by atoms with van der Waals surface area (Å²) in [6, 6.07) is 17.5. The van der Waals surface area contributed by atoms with Crippen LogP contribution in [0.15, 0.2) is 60.2 Å². The molecule has 0 aromatic heterocycles. The highest BCUT2D eigenvalue weighted by Gasteiger charge is 2.41. The number of ketones is 1. The van der Waals surface area contributed by atoms with E-state index in [9.17, 15) is 14.9 Å². The Labute approximate surface area is 141 Å². The Bertz CT molecular complexity index is 811. The molecule has 122 valence electrons. The number of nitrogens with zero attached hydrogens (tertiary/aromatic N) is 1. The van der Waals surface area contributed by atoms with Crippen molar-refractivity contribution in [1.29, 1.82) is 0 Å². The van der Waals surface area contributed by atoms with E-state index in [0.717, 1.165) is 16.7 Å². The van der Waals surface area contributed by atoms with Crippen LogP contribution in [0.2, 0.25) is 0 Å². The third-order valence-corrected chi connectivity index (χ3v) is 4.71. The zero-order valence-electron chi connectivity index (χ0n) is 13.6. The molecule has 2 aromatic rings. The molecular formula is C20H19NO3. The highest BCUT2D eigenvalue weighted by Crippen LogP contribution is 2.39. The van der Waals surface area contributed by atoms with Gasteiger partial charge in [0.05, 0.1) is 5.41 Å². The summed E-state index contributed by atoms with van der Waals surface area (Å²) >= 11 is 0. The second-order valence-electron chi connectivity index (χ2n) is 6.39. The molecule has 0 bridgehead atoms. The number of rotatable bonds is 5. The van der Waals surface area contributed by atoms with Crippen molar-refractivity contribution in [3.8, 4) is 0 Å². The first-order valence-electron chi connectivity index (χ1n) is 8.01. The lowest BCUT2D eigenvalue weighted by atomic mass is 9.68. The molecule has 0 saturated carbocycles. The van der Waals surface area contributed by atoms with Crippen LogP contribution < -0.4 is 0 Å². The minimum Gasteiger partial charge on any atom is -0.294 e. The van der Waals surface area contributed by atoms with E-state index in [-0.39, 0.29) is 23.7 Å². The number of allylic oxidation sites excluding steroid dienone is 1. The van der Waals surface area contributed by atoms with Crippen LogP contribution in [0.25, 0.3) is 6.08 Å². The minimum absolute atomic E-state index is 0.00750. The van der Waals surface area contributed by atoms with Gasteiger partial charge in [-0.2, -0.15) is 0 Å². The molecule has 4 nitrogen and oxygen atoms in total. The normalized spacial score (nSPS) is 19.5. The molecule has 0 saturated heterocycles. The second kappa shape index (κ2) is 6.40. The quantitative estimate of drug-likeness (QED) is 0.621. The minimum atomic E-state index is -0.845. The van der Waals surface area contributed by atoms with E-state index in [1.165, 1.54) is 0 Å². The first-order valence-corrected chi connectivity index (χ1v) is 8.01. The third kappa shape index (κ3) is 3.00. The van der Waals surface area contributed by atoms with E-state index in [0.29, 0.717) is 12.0 Å². The summed E-state index contributed by atoms with van der Waals surface area (Å²) in [5, 5.41) is 10.9. The summed E-state index contributed by atoms with van der Waals surface area (Å²) in [4.78, 5) is 23.6. The molecule has 0 N–H and O–H groups in total. The fraction of sp³-hybridized carbons (Fsp3) is 0.250. The van der Waals surface area contributed by atoms with E-state index >= 15 is 0 Å². The Kier molecular flexibility index (Phi) is 4.30. The fourth-order valence-corrected chi connectivity index (χ4v) is 3.37. The Morgan fingerprint density at radius 1 is 1.04 bits per heavy atom. The zero-order valence-corrected chi connectivity index (χ0v) is 13.6. The number of Topliss-reactive ketones (excluding diaryl/α,β-unsaturated/α-hetero) is 1. The van der Waals surface area contributed by atoms with Crippen LogP contribution in [0.3, 0.4) is 0 Å². The van der Waals surface area contributed by atoms with Gasteiger partial charge in [0.2, 0.25) is 6.54 Å². The van der Waals surface area contributed by atoms with E-state index in [4.69, 9.17) is 0 Å². The Morgan fingerprint density at radius 3 is 2.42 bits per heavy atom. The molecule has 4 heteroatoms.